The molecule has 0 aliphatic rings. The van der Waals surface area contributed by atoms with Crippen LogP contribution in [0.5, 0.6) is 0 Å². The van der Waals surface area contributed by atoms with Gasteiger partial charge in [-0.2, -0.15) is 0 Å². The minimum absolute atomic E-state index is 0.481. The van der Waals surface area contributed by atoms with E-state index in [0.29, 0.717) is 10.2 Å². The Balaban J connectivity index is 3.57. The first-order valence-corrected chi connectivity index (χ1v) is 2.34. The Morgan fingerprint density at radius 1 is 1.83 bits per heavy atom. The molecule has 0 amide bonds. The highest BCUT2D eigenvalue weighted by molar-refractivity contribution is 9.12. The van der Waals surface area contributed by atoms with Gasteiger partial charge < -0.3 is 5.41 Å². The Hall–Kier alpha value is -0.110. The van der Waals surface area contributed by atoms with Crippen LogP contribution in [0.4, 0.5) is 0 Å². The van der Waals surface area contributed by atoms with E-state index >= 15 is 0 Å². The fraction of sp³-hybridized carbons (Fsp3) is 0.250. The largest absolute Gasteiger partial charge is 0.304 e. The Morgan fingerprint density at radius 3 is 2.00 bits per heavy atom. The standard InChI is InChI=1S/C4H6BrN/c1-3(5)4(2)6/h6H,1H2,2H3. The van der Waals surface area contributed by atoms with Crippen LogP contribution in [-0.4, -0.2) is 5.71 Å². The summed E-state index contributed by atoms with van der Waals surface area (Å²) in [7, 11) is 0. The Labute approximate surface area is 45.7 Å². The zero-order valence-electron chi connectivity index (χ0n) is 3.59. The van der Waals surface area contributed by atoms with Crippen LogP contribution in [0.15, 0.2) is 11.1 Å². The van der Waals surface area contributed by atoms with Gasteiger partial charge in [0.25, 0.3) is 0 Å². The van der Waals surface area contributed by atoms with Crippen molar-refractivity contribution in [2.24, 2.45) is 0 Å². The van der Waals surface area contributed by atoms with Crippen LogP contribution in [0.3, 0.4) is 0 Å². The van der Waals surface area contributed by atoms with Gasteiger partial charge in [0.05, 0.1) is 0 Å². The molecule has 34 valence electrons. The van der Waals surface area contributed by atoms with E-state index in [0.717, 1.165) is 0 Å². The van der Waals surface area contributed by atoms with E-state index in [1.165, 1.54) is 0 Å². The highest BCUT2D eigenvalue weighted by Gasteiger charge is 1.83. The highest BCUT2D eigenvalue weighted by Crippen LogP contribution is 1.99. The van der Waals surface area contributed by atoms with Crippen LogP contribution in [0, 0.1) is 5.41 Å². The summed E-state index contributed by atoms with van der Waals surface area (Å²) in [4.78, 5) is 0. The molecule has 1 N–H and O–H groups in total. The molecule has 0 fully saturated rings. The molecule has 2 heteroatoms. The van der Waals surface area contributed by atoms with Crippen molar-refractivity contribution in [2.45, 2.75) is 6.92 Å². The second kappa shape index (κ2) is 2.13. The number of nitrogens with one attached hydrogen (secondary N) is 1. The molecule has 0 aliphatic heterocycles. The summed E-state index contributed by atoms with van der Waals surface area (Å²) in [6.07, 6.45) is 0. The topological polar surface area (TPSA) is 23.9 Å². The predicted octanol–water partition coefficient (Wildman–Crippen LogP) is 1.93. The van der Waals surface area contributed by atoms with Crippen molar-refractivity contribution in [3.8, 4) is 0 Å². The number of allylic oxidation sites excluding steroid dienone is 1. The second-order valence-corrected chi connectivity index (χ2v) is 1.99. The molecule has 0 atom stereocenters. The number of hydrogen-bond donors (Lipinski definition) is 1. The average molecular weight is 148 g/mol. The van der Waals surface area contributed by atoms with Crippen molar-refractivity contribution in [1.29, 1.82) is 5.41 Å². The van der Waals surface area contributed by atoms with Crippen molar-refractivity contribution in [3.05, 3.63) is 11.1 Å². The molecular formula is C4H6BrN. The van der Waals surface area contributed by atoms with Crippen LogP contribution in [0.2, 0.25) is 0 Å². The molecule has 0 heterocycles. The Morgan fingerprint density at radius 2 is 2.00 bits per heavy atom. The third kappa shape index (κ3) is 2.15. The van der Waals surface area contributed by atoms with Gasteiger partial charge in [0.2, 0.25) is 0 Å². The second-order valence-electron chi connectivity index (χ2n) is 1.03. The monoisotopic (exact) mass is 147 g/mol. The van der Waals surface area contributed by atoms with E-state index in [2.05, 4.69) is 22.5 Å². The summed E-state index contributed by atoms with van der Waals surface area (Å²) < 4.78 is 0.655. The van der Waals surface area contributed by atoms with Gasteiger partial charge in [0, 0.05) is 10.2 Å². The summed E-state index contributed by atoms with van der Waals surface area (Å²) in [5.41, 5.74) is 0.481. The lowest BCUT2D eigenvalue weighted by atomic mass is 10.4. The minimum Gasteiger partial charge on any atom is -0.304 e. The zero-order chi connectivity index (χ0) is 5.15. The van der Waals surface area contributed by atoms with E-state index in [4.69, 9.17) is 5.41 Å². The predicted molar refractivity (Wildman–Crippen MR) is 31.5 cm³/mol. The summed E-state index contributed by atoms with van der Waals surface area (Å²) in [6.45, 7) is 5.12. The van der Waals surface area contributed by atoms with Crippen molar-refractivity contribution >= 4 is 21.6 Å². The molecule has 0 aromatic rings. The molecule has 0 aliphatic carbocycles. The summed E-state index contributed by atoms with van der Waals surface area (Å²) >= 11 is 3.02. The van der Waals surface area contributed by atoms with Gasteiger partial charge in [0.1, 0.15) is 0 Å². The lowest BCUT2D eigenvalue weighted by molar-refractivity contribution is 1.50. The molecule has 0 rings (SSSR count). The molecular weight excluding hydrogens is 142 g/mol. The van der Waals surface area contributed by atoms with E-state index in [1.807, 2.05) is 0 Å². The fourth-order valence-corrected chi connectivity index (χ4v) is 0. The van der Waals surface area contributed by atoms with Crippen LogP contribution in [0.25, 0.3) is 0 Å². The molecule has 0 aromatic carbocycles. The molecule has 0 aromatic heterocycles. The van der Waals surface area contributed by atoms with Crippen molar-refractivity contribution in [2.75, 3.05) is 0 Å². The normalized spacial score (nSPS) is 7.67. The van der Waals surface area contributed by atoms with E-state index < -0.39 is 0 Å². The van der Waals surface area contributed by atoms with Crippen molar-refractivity contribution < 1.29 is 0 Å². The molecule has 0 radical (unpaired) electrons. The maximum absolute atomic E-state index is 6.80. The SMILES string of the molecule is C=C(Br)C(C)=N. The summed E-state index contributed by atoms with van der Waals surface area (Å²) in [6, 6.07) is 0. The summed E-state index contributed by atoms with van der Waals surface area (Å²) in [5.74, 6) is 0. The van der Waals surface area contributed by atoms with Crippen LogP contribution >= 0.6 is 15.9 Å². The summed E-state index contributed by atoms with van der Waals surface area (Å²) in [5, 5.41) is 6.80. The van der Waals surface area contributed by atoms with Gasteiger partial charge in [-0.05, 0) is 22.9 Å². The van der Waals surface area contributed by atoms with Crippen LogP contribution in [0.1, 0.15) is 6.92 Å². The molecule has 0 saturated heterocycles. The van der Waals surface area contributed by atoms with Gasteiger partial charge in [-0.15, -0.1) is 0 Å². The first kappa shape index (κ1) is 5.89. The Bertz CT molecular complexity index is 73.5. The third-order valence-corrected chi connectivity index (χ3v) is 1.00. The van der Waals surface area contributed by atoms with Gasteiger partial charge in [-0.25, -0.2) is 0 Å². The van der Waals surface area contributed by atoms with E-state index in [-0.39, 0.29) is 0 Å². The van der Waals surface area contributed by atoms with Gasteiger partial charge in [-0.1, -0.05) is 6.58 Å². The quantitative estimate of drug-likeness (QED) is 0.549. The van der Waals surface area contributed by atoms with Crippen LogP contribution < -0.4 is 0 Å². The maximum atomic E-state index is 6.80. The number of rotatable bonds is 1. The lowest BCUT2D eigenvalue weighted by Crippen LogP contribution is -1.81. The van der Waals surface area contributed by atoms with Gasteiger partial charge in [-0.3, -0.25) is 0 Å². The number of halogens is 1. The molecule has 0 spiro atoms. The molecule has 6 heavy (non-hydrogen) atoms. The fourth-order valence-electron chi connectivity index (χ4n) is 0. The Kier molecular flexibility index (Phi) is 2.09. The third-order valence-electron chi connectivity index (χ3n) is 0.407. The zero-order valence-corrected chi connectivity index (χ0v) is 5.17. The number of hydrogen-bond acceptors (Lipinski definition) is 1. The molecule has 0 unspecified atom stereocenters. The lowest BCUT2D eigenvalue weighted by Gasteiger charge is -1.83. The van der Waals surface area contributed by atoms with Gasteiger partial charge in [0.15, 0.2) is 0 Å². The van der Waals surface area contributed by atoms with Crippen LogP contribution in [-0.2, 0) is 0 Å². The van der Waals surface area contributed by atoms with Gasteiger partial charge >= 0.3 is 0 Å². The van der Waals surface area contributed by atoms with Crippen molar-refractivity contribution in [1.82, 2.24) is 0 Å². The minimum atomic E-state index is 0.481. The van der Waals surface area contributed by atoms with E-state index in [1.54, 1.807) is 6.92 Å². The molecule has 0 saturated carbocycles. The maximum Gasteiger partial charge on any atom is 0.0418 e. The first-order valence-electron chi connectivity index (χ1n) is 1.54. The highest BCUT2D eigenvalue weighted by atomic mass is 79.9. The average Bonchev–Trinajstić information content (AvgIpc) is 1.36. The van der Waals surface area contributed by atoms with Crippen molar-refractivity contribution in [3.63, 3.8) is 0 Å². The molecule has 1 nitrogen and oxygen atoms in total. The van der Waals surface area contributed by atoms with E-state index in [9.17, 15) is 0 Å². The molecule has 0 bridgehead atoms. The smallest absolute Gasteiger partial charge is 0.0418 e. The first-order chi connectivity index (χ1) is 2.64.